The topological polar surface area (TPSA) is 55.6 Å². The molecule has 4 nitrogen and oxygen atoms in total. The molecule has 0 bridgehead atoms. The van der Waals surface area contributed by atoms with E-state index in [1.807, 2.05) is 36.9 Å². The van der Waals surface area contributed by atoms with Crippen molar-refractivity contribution in [2.75, 3.05) is 19.7 Å². The van der Waals surface area contributed by atoms with Crippen LogP contribution < -0.4 is 10.5 Å². The standard InChI is InChI=1S/C16H24N2O2/c1-3-18(14-7-8-14)15(19)11-20-16-12(2)5-4-6-13(16)9-10-17/h4-6,14H,3,7-11,17H2,1-2H3. The smallest absolute Gasteiger partial charge is 0.260 e. The van der Waals surface area contributed by atoms with E-state index >= 15 is 0 Å². The van der Waals surface area contributed by atoms with Gasteiger partial charge in [0.2, 0.25) is 0 Å². The van der Waals surface area contributed by atoms with Crippen molar-refractivity contribution in [3.05, 3.63) is 29.3 Å². The molecule has 0 aromatic heterocycles. The van der Waals surface area contributed by atoms with Crippen LogP contribution in [0.5, 0.6) is 5.75 Å². The number of likely N-dealkylation sites (N-methyl/N-ethyl adjacent to an activating group) is 1. The fourth-order valence-corrected chi connectivity index (χ4v) is 2.51. The molecule has 0 unspecified atom stereocenters. The Morgan fingerprint density at radius 2 is 2.20 bits per heavy atom. The predicted molar refractivity (Wildman–Crippen MR) is 79.8 cm³/mol. The molecule has 2 rings (SSSR count). The maximum atomic E-state index is 12.2. The molecule has 1 aromatic rings. The lowest BCUT2D eigenvalue weighted by Crippen LogP contribution is -2.36. The van der Waals surface area contributed by atoms with Crippen molar-refractivity contribution in [1.29, 1.82) is 0 Å². The summed E-state index contributed by atoms with van der Waals surface area (Å²) >= 11 is 0. The lowest BCUT2D eigenvalue weighted by Gasteiger charge is -2.21. The first-order valence-electron chi connectivity index (χ1n) is 7.38. The van der Waals surface area contributed by atoms with E-state index in [9.17, 15) is 4.79 Å². The molecule has 1 aliphatic carbocycles. The summed E-state index contributed by atoms with van der Waals surface area (Å²) < 4.78 is 5.80. The number of carbonyl (C=O) groups is 1. The quantitative estimate of drug-likeness (QED) is 0.827. The van der Waals surface area contributed by atoms with E-state index in [4.69, 9.17) is 10.5 Å². The van der Waals surface area contributed by atoms with Gasteiger partial charge in [-0.1, -0.05) is 18.2 Å². The highest BCUT2D eigenvalue weighted by Gasteiger charge is 2.31. The van der Waals surface area contributed by atoms with Crippen LogP contribution in [-0.2, 0) is 11.2 Å². The third-order valence-corrected chi connectivity index (χ3v) is 3.70. The molecule has 0 atom stereocenters. The second-order valence-corrected chi connectivity index (χ2v) is 5.30. The average molecular weight is 276 g/mol. The van der Waals surface area contributed by atoms with Gasteiger partial charge >= 0.3 is 0 Å². The highest BCUT2D eigenvalue weighted by atomic mass is 16.5. The summed E-state index contributed by atoms with van der Waals surface area (Å²) in [5.41, 5.74) is 7.75. The second kappa shape index (κ2) is 6.75. The minimum absolute atomic E-state index is 0.0805. The average Bonchev–Trinajstić information content (AvgIpc) is 3.24. The van der Waals surface area contributed by atoms with Gasteiger partial charge in [-0.3, -0.25) is 4.79 Å². The van der Waals surface area contributed by atoms with Gasteiger partial charge in [0, 0.05) is 12.6 Å². The lowest BCUT2D eigenvalue weighted by atomic mass is 10.1. The van der Waals surface area contributed by atoms with Crippen molar-refractivity contribution >= 4 is 5.91 Å². The molecule has 0 saturated heterocycles. The molecular weight excluding hydrogens is 252 g/mol. The summed E-state index contributed by atoms with van der Waals surface area (Å²) in [5, 5.41) is 0. The summed E-state index contributed by atoms with van der Waals surface area (Å²) in [7, 11) is 0. The Morgan fingerprint density at radius 3 is 2.80 bits per heavy atom. The van der Waals surface area contributed by atoms with E-state index in [1.54, 1.807) is 0 Å². The molecule has 0 radical (unpaired) electrons. The number of nitrogens with two attached hydrogens (primary N) is 1. The van der Waals surface area contributed by atoms with Crippen LogP contribution in [-0.4, -0.2) is 36.5 Å². The van der Waals surface area contributed by atoms with Crippen LogP contribution in [0.3, 0.4) is 0 Å². The summed E-state index contributed by atoms with van der Waals surface area (Å²) in [6.45, 7) is 5.47. The summed E-state index contributed by atoms with van der Waals surface area (Å²) in [5.74, 6) is 0.898. The van der Waals surface area contributed by atoms with Crippen LogP contribution >= 0.6 is 0 Å². The van der Waals surface area contributed by atoms with Gasteiger partial charge < -0.3 is 15.4 Å². The molecule has 0 spiro atoms. The van der Waals surface area contributed by atoms with Gasteiger partial charge in [0.25, 0.3) is 5.91 Å². The van der Waals surface area contributed by atoms with Crippen molar-refractivity contribution < 1.29 is 9.53 Å². The molecule has 2 N–H and O–H groups in total. The molecular formula is C16H24N2O2. The zero-order valence-corrected chi connectivity index (χ0v) is 12.4. The Labute approximate surface area is 120 Å². The number of benzene rings is 1. The molecule has 1 amide bonds. The maximum Gasteiger partial charge on any atom is 0.260 e. The van der Waals surface area contributed by atoms with Crippen LogP contribution in [0.2, 0.25) is 0 Å². The van der Waals surface area contributed by atoms with Crippen molar-refractivity contribution in [2.24, 2.45) is 5.73 Å². The molecule has 20 heavy (non-hydrogen) atoms. The van der Waals surface area contributed by atoms with Gasteiger partial charge in [-0.2, -0.15) is 0 Å². The van der Waals surface area contributed by atoms with E-state index in [0.29, 0.717) is 12.6 Å². The Hall–Kier alpha value is -1.55. The molecule has 110 valence electrons. The van der Waals surface area contributed by atoms with Gasteiger partial charge in [-0.15, -0.1) is 0 Å². The minimum Gasteiger partial charge on any atom is -0.483 e. The number of nitrogens with zero attached hydrogens (tertiary/aromatic N) is 1. The second-order valence-electron chi connectivity index (χ2n) is 5.30. The highest BCUT2D eigenvalue weighted by Crippen LogP contribution is 2.27. The third kappa shape index (κ3) is 3.51. The first-order chi connectivity index (χ1) is 9.67. The number of carbonyl (C=O) groups excluding carboxylic acids is 1. The SMILES string of the molecule is CCN(C(=O)COc1c(C)cccc1CCN)C1CC1. The van der Waals surface area contributed by atoms with Crippen molar-refractivity contribution in [3.8, 4) is 5.75 Å². The van der Waals surface area contributed by atoms with E-state index in [0.717, 1.165) is 42.7 Å². The number of amides is 1. The molecule has 1 aromatic carbocycles. The van der Waals surface area contributed by atoms with Crippen LogP contribution in [0.1, 0.15) is 30.9 Å². The Bertz CT molecular complexity index is 470. The van der Waals surface area contributed by atoms with Crippen LogP contribution in [0.4, 0.5) is 0 Å². The third-order valence-electron chi connectivity index (χ3n) is 3.70. The van der Waals surface area contributed by atoms with Gasteiger partial charge in [0.15, 0.2) is 6.61 Å². The number of rotatable bonds is 7. The van der Waals surface area contributed by atoms with Crippen LogP contribution in [0, 0.1) is 6.92 Å². The minimum atomic E-state index is 0.0805. The largest absolute Gasteiger partial charge is 0.483 e. The zero-order valence-electron chi connectivity index (χ0n) is 12.4. The van der Waals surface area contributed by atoms with E-state index in [2.05, 4.69) is 0 Å². The monoisotopic (exact) mass is 276 g/mol. The summed E-state index contributed by atoms with van der Waals surface area (Å²) in [6.07, 6.45) is 3.02. The van der Waals surface area contributed by atoms with Crippen molar-refractivity contribution in [1.82, 2.24) is 4.90 Å². The first kappa shape index (κ1) is 14.9. The normalized spacial score (nSPS) is 14.2. The molecule has 0 heterocycles. The molecule has 1 aliphatic rings. The number of hydrogen-bond donors (Lipinski definition) is 1. The number of aryl methyl sites for hydroxylation is 1. The Morgan fingerprint density at radius 1 is 1.45 bits per heavy atom. The lowest BCUT2D eigenvalue weighted by molar-refractivity contribution is -0.133. The van der Waals surface area contributed by atoms with E-state index < -0.39 is 0 Å². The van der Waals surface area contributed by atoms with Gasteiger partial charge in [-0.05, 0) is 50.8 Å². The van der Waals surface area contributed by atoms with Crippen LogP contribution in [0.25, 0.3) is 0 Å². The molecule has 0 aliphatic heterocycles. The fourth-order valence-electron chi connectivity index (χ4n) is 2.51. The Kier molecular flexibility index (Phi) is 5.01. The number of para-hydroxylation sites is 1. The molecule has 1 fully saturated rings. The van der Waals surface area contributed by atoms with Crippen molar-refractivity contribution in [3.63, 3.8) is 0 Å². The molecule has 1 saturated carbocycles. The number of ether oxygens (including phenoxy) is 1. The van der Waals surface area contributed by atoms with Crippen LogP contribution in [0.15, 0.2) is 18.2 Å². The zero-order chi connectivity index (χ0) is 14.5. The Balaban J connectivity index is 2.00. The van der Waals surface area contributed by atoms with Gasteiger partial charge in [0.05, 0.1) is 0 Å². The van der Waals surface area contributed by atoms with E-state index in [-0.39, 0.29) is 12.5 Å². The van der Waals surface area contributed by atoms with E-state index in [1.165, 1.54) is 0 Å². The number of hydrogen-bond acceptors (Lipinski definition) is 3. The van der Waals surface area contributed by atoms with Gasteiger partial charge in [-0.25, -0.2) is 0 Å². The maximum absolute atomic E-state index is 12.2. The summed E-state index contributed by atoms with van der Waals surface area (Å²) in [6, 6.07) is 6.45. The fraction of sp³-hybridized carbons (Fsp3) is 0.562. The first-order valence-corrected chi connectivity index (χ1v) is 7.38. The predicted octanol–water partition coefficient (Wildman–Crippen LogP) is 1.89. The van der Waals surface area contributed by atoms with Crippen molar-refractivity contribution in [2.45, 2.75) is 39.2 Å². The summed E-state index contributed by atoms with van der Waals surface area (Å²) in [4.78, 5) is 14.1. The van der Waals surface area contributed by atoms with Gasteiger partial charge in [0.1, 0.15) is 5.75 Å². The molecule has 4 heteroatoms. The highest BCUT2D eigenvalue weighted by molar-refractivity contribution is 5.78.